The summed E-state index contributed by atoms with van der Waals surface area (Å²) in [6.45, 7) is 5.53. The van der Waals surface area contributed by atoms with Gasteiger partial charge in [-0.15, -0.1) is 0 Å². The van der Waals surface area contributed by atoms with E-state index in [1.165, 1.54) is 5.56 Å². The van der Waals surface area contributed by atoms with E-state index in [0.717, 1.165) is 19.3 Å². The first-order valence-electron chi connectivity index (χ1n) is 8.23. The normalized spacial score (nSPS) is 15.0. The van der Waals surface area contributed by atoms with Crippen LogP contribution in [0.1, 0.15) is 64.4 Å². The van der Waals surface area contributed by atoms with Crippen molar-refractivity contribution in [2.45, 2.75) is 58.8 Å². The topological polar surface area (TPSA) is 54.4 Å². The highest BCUT2D eigenvalue weighted by atomic mass is 16.4. The molecular formula is C19H28O3. The number of hydrogen-bond donors (Lipinski definition) is 1. The van der Waals surface area contributed by atoms with Gasteiger partial charge in [-0.3, -0.25) is 9.59 Å². The molecule has 0 fully saturated rings. The van der Waals surface area contributed by atoms with E-state index in [2.05, 4.69) is 12.1 Å². The van der Waals surface area contributed by atoms with Gasteiger partial charge < -0.3 is 5.11 Å². The van der Waals surface area contributed by atoms with Crippen molar-refractivity contribution in [3.8, 4) is 0 Å². The largest absolute Gasteiger partial charge is 0.481 e. The van der Waals surface area contributed by atoms with Gasteiger partial charge in [0.15, 0.2) is 0 Å². The summed E-state index contributed by atoms with van der Waals surface area (Å²) in [7, 11) is 0. The molecule has 3 nitrogen and oxygen atoms in total. The van der Waals surface area contributed by atoms with Gasteiger partial charge in [-0.05, 0) is 50.5 Å². The maximum Gasteiger partial charge on any atom is 0.306 e. The van der Waals surface area contributed by atoms with Crippen LogP contribution in [0.3, 0.4) is 0 Å². The average Bonchev–Trinajstić information content (AvgIpc) is 2.50. The molecule has 0 saturated carbocycles. The minimum Gasteiger partial charge on any atom is -0.481 e. The number of Topliss-reactive ketones (excluding diaryl/α,β-unsaturated/α-hetero) is 1. The van der Waals surface area contributed by atoms with Gasteiger partial charge in [-0.1, -0.05) is 44.2 Å². The van der Waals surface area contributed by atoms with Crippen LogP contribution in [0.4, 0.5) is 0 Å². The molecule has 0 aliphatic carbocycles. The summed E-state index contributed by atoms with van der Waals surface area (Å²) < 4.78 is 0. The highest BCUT2D eigenvalue weighted by molar-refractivity contribution is 5.77. The second-order valence-electron chi connectivity index (χ2n) is 6.22. The predicted octanol–water partition coefficient (Wildman–Crippen LogP) is 4.67. The Bertz CT molecular complexity index is 467. The van der Waals surface area contributed by atoms with Crippen molar-refractivity contribution in [3.63, 3.8) is 0 Å². The number of aliphatic carboxylic acids is 1. The predicted molar refractivity (Wildman–Crippen MR) is 88.9 cm³/mol. The molecule has 0 amide bonds. The van der Waals surface area contributed by atoms with Crippen molar-refractivity contribution in [1.82, 2.24) is 0 Å². The van der Waals surface area contributed by atoms with Crippen molar-refractivity contribution >= 4 is 11.8 Å². The fourth-order valence-electron chi connectivity index (χ4n) is 2.76. The molecule has 0 saturated heterocycles. The summed E-state index contributed by atoms with van der Waals surface area (Å²) in [4.78, 5) is 22.6. The maximum absolute atomic E-state index is 11.4. The van der Waals surface area contributed by atoms with E-state index < -0.39 is 5.97 Å². The van der Waals surface area contributed by atoms with Crippen LogP contribution in [0.15, 0.2) is 30.3 Å². The molecule has 0 radical (unpaired) electrons. The lowest BCUT2D eigenvalue weighted by atomic mass is 9.84. The van der Waals surface area contributed by atoms with Gasteiger partial charge in [-0.25, -0.2) is 0 Å². The van der Waals surface area contributed by atoms with E-state index in [9.17, 15) is 14.7 Å². The van der Waals surface area contributed by atoms with Crippen molar-refractivity contribution in [1.29, 1.82) is 0 Å². The Morgan fingerprint density at radius 3 is 2.14 bits per heavy atom. The first kappa shape index (κ1) is 18.4. The Morgan fingerprint density at radius 2 is 1.64 bits per heavy atom. The molecule has 122 valence electrons. The number of carboxylic acids is 1. The molecule has 22 heavy (non-hydrogen) atoms. The summed E-state index contributed by atoms with van der Waals surface area (Å²) in [6, 6.07) is 10.2. The van der Waals surface area contributed by atoms with Crippen LogP contribution >= 0.6 is 0 Å². The van der Waals surface area contributed by atoms with Crippen LogP contribution in [0.2, 0.25) is 0 Å². The second kappa shape index (κ2) is 9.39. The Labute approximate surface area is 133 Å². The van der Waals surface area contributed by atoms with Crippen LogP contribution < -0.4 is 0 Å². The Hall–Kier alpha value is -1.64. The number of rotatable bonds is 10. The van der Waals surface area contributed by atoms with Gasteiger partial charge in [0.05, 0.1) is 5.92 Å². The minimum atomic E-state index is -0.702. The van der Waals surface area contributed by atoms with Crippen molar-refractivity contribution in [2.75, 3.05) is 0 Å². The summed E-state index contributed by atoms with van der Waals surface area (Å²) >= 11 is 0. The van der Waals surface area contributed by atoms with E-state index in [1.54, 1.807) is 6.92 Å². The lowest BCUT2D eigenvalue weighted by Crippen LogP contribution is -2.15. The molecule has 1 N–H and O–H groups in total. The number of hydrogen-bond acceptors (Lipinski definition) is 2. The molecule has 0 heterocycles. The molecular weight excluding hydrogens is 276 g/mol. The molecule has 1 rings (SSSR count). The number of carbonyl (C=O) groups excluding carboxylic acids is 1. The third-order valence-corrected chi connectivity index (χ3v) is 4.62. The zero-order valence-electron chi connectivity index (χ0n) is 13.9. The Kier molecular flexibility index (Phi) is 7.86. The number of benzene rings is 1. The summed E-state index contributed by atoms with van der Waals surface area (Å²) in [5, 5.41) is 9.20. The van der Waals surface area contributed by atoms with Gasteiger partial charge in [0.2, 0.25) is 0 Å². The average molecular weight is 304 g/mol. The molecule has 1 aromatic rings. The van der Waals surface area contributed by atoms with Crippen LogP contribution in [-0.4, -0.2) is 16.9 Å². The van der Waals surface area contributed by atoms with E-state index in [0.29, 0.717) is 18.8 Å². The van der Waals surface area contributed by atoms with E-state index in [1.807, 2.05) is 32.0 Å². The van der Waals surface area contributed by atoms with Crippen LogP contribution in [0.5, 0.6) is 0 Å². The van der Waals surface area contributed by atoms with Gasteiger partial charge in [0, 0.05) is 5.92 Å². The first-order valence-corrected chi connectivity index (χ1v) is 8.23. The van der Waals surface area contributed by atoms with Gasteiger partial charge in [0.1, 0.15) is 5.78 Å². The smallest absolute Gasteiger partial charge is 0.306 e. The highest BCUT2D eigenvalue weighted by Crippen LogP contribution is 2.30. The van der Waals surface area contributed by atoms with E-state index in [-0.39, 0.29) is 17.6 Å². The molecule has 0 aliphatic heterocycles. The SMILES string of the molecule is CCC(CCC(CCC(C)C(C)=O)c1ccccc1)C(=O)O. The lowest BCUT2D eigenvalue weighted by molar-refractivity contribution is -0.142. The molecule has 3 heteroatoms. The summed E-state index contributed by atoms with van der Waals surface area (Å²) in [5.41, 5.74) is 1.25. The highest BCUT2D eigenvalue weighted by Gasteiger charge is 2.20. The number of ketones is 1. The molecule has 3 unspecified atom stereocenters. The van der Waals surface area contributed by atoms with Crippen molar-refractivity contribution < 1.29 is 14.7 Å². The Morgan fingerprint density at radius 1 is 1.05 bits per heavy atom. The summed E-state index contributed by atoms with van der Waals surface area (Å²) in [5.74, 6) is -0.337. The van der Waals surface area contributed by atoms with Crippen molar-refractivity contribution in [2.24, 2.45) is 11.8 Å². The van der Waals surface area contributed by atoms with Crippen LogP contribution in [0, 0.1) is 11.8 Å². The number of carbonyl (C=O) groups is 2. The third kappa shape index (κ3) is 6.00. The monoisotopic (exact) mass is 304 g/mol. The third-order valence-electron chi connectivity index (χ3n) is 4.62. The number of carboxylic acid groups (broad SMARTS) is 1. The van der Waals surface area contributed by atoms with Gasteiger partial charge in [0.25, 0.3) is 0 Å². The standard InChI is InChI=1S/C19H28O3/c1-4-16(19(21)22)12-13-18(11-10-14(2)15(3)20)17-8-6-5-7-9-17/h5-9,14,16,18H,4,10-13H2,1-3H3,(H,21,22). The molecule has 0 aromatic heterocycles. The quantitative estimate of drug-likeness (QED) is 0.683. The van der Waals surface area contributed by atoms with Crippen molar-refractivity contribution in [3.05, 3.63) is 35.9 Å². The minimum absolute atomic E-state index is 0.0765. The fraction of sp³-hybridized carbons (Fsp3) is 0.579. The lowest BCUT2D eigenvalue weighted by Gasteiger charge is -2.20. The molecule has 0 aliphatic rings. The Balaban J connectivity index is 2.70. The second-order valence-corrected chi connectivity index (χ2v) is 6.22. The van der Waals surface area contributed by atoms with Gasteiger partial charge in [-0.2, -0.15) is 0 Å². The van der Waals surface area contributed by atoms with Crippen LogP contribution in [-0.2, 0) is 9.59 Å². The first-order chi connectivity index (χ1) is 10.5. The van der Waals surface area contributed by atoms with Gasteiger partial charge >= 0.3 is 5.97 Å². The molecule has 1 aromatic carbocycles. The molecule has 0 bridgehead atoms. The summed E-state index contributed by atoms with van der Waals surface area (Å²) in [6.07, 6.45) is 4.01. The molecule has 0 spiro atoms. The zero-order chi connectivity index (χ0) is 16.5. The zero-order valence-corrected chi connectivity index (χ0v) is 13.9. The fourth-order valence-corrected chi connectivity index (χ4v) is 2.76. The van der Waals surface area contributed by atoms with E-state index in [4.69, 9.17) is 0 Å². The molecule has 3 atom stereocenters. The van der Waals surface area contributed by atoms with Crippen LogP contribution in [0.25, 0.3) is 0 Å². The maximum atomic E-state index is 11.4. The van der Waals surface area contributed by atoms with E-state index >= 15 is 0 Å².